The van der Waals surface area contributed by atoms with Gasteiger partial charge in [0.05, 0.1) is 6.61 Å². The van der Waals surface area contributed by atoms with E-state index in [0.29, 0.717) is 5.92 Å². The zero-order valence-electron chi connectivity index (χ0n) is 10.9. The lowest BCUT2D eigenvalue weighted by molar-refractivity contribution is 0.289. The Balaban J connectivity index is 2.02. The summed E-state index contributed by atoms with van der Waals surface area (Å²) in [5.41, 5.74) is 8.83. The van der Waals surface area contributed by atoms with Gasteiger partial charge < -0.3 is 10.5 Å². The van der Waals surface area contributed by atoms with E-state index < -0.39 is 0 Å². The number of ether oxygens (including phenoxy) is 1. The predicted octanol–water partition coefficient (Wildman–Crippen LogP) is 3.45. The second-order valence-corrected chi connectivity index (χ2v) is 5.39. The highest BCUT2D eigenvalue weighted by molar-refractivity contribution is 5.39. The molecule has 1 unspecified atom stereocenters. The summed E-state index contributed by atoms with van der Waals surface area (Å²) in [6.07, 6.45) is 4.57. The molecule has 17 heavy (non-hydrogen) atoms. The normalized spacial score (nSPS) is 19.2. The molecule has 1 aliphatic rings. The fourth-order valence-electron chi connectivity index (χ4n) is 2.32. The molecule has 1 aromatic carbocycles. The molecule has 0 saturated carbocycles. The third-order valence-corrected chi connectivity index (χ3v) is 3.44. The first-order valence-corrected chi connectivity index (χ1v) is 6.68. The van der Waals surface area contributed by atoms with Crippen molar-refractivity contribution in [3.8, 4) is 5.75 Å². The van der Waals surface area contributed by atoms with Crippen molar-refractivity contribution >= 4 is 0 Å². The van der Waals surface area contributed by atoms with Crippen LogP contribution >= 0.6 is 0 Å². The monoisotopic (exact) mass is 233 g/mol. The summed E-state index contributed by atoms with van der Waals surface area (Å²) >= 11 is 0. The van der Waals surface area contributed by atoms with Gasteiger partial charge in [-0.2, -0.15) is 0 Å². The fraction of sp³-hybridized carbons (Fsp3) is 0.600. The van der Waals surface area contributed by atoms with E-state index >= 15 is 0 Å². The maximum atomic E-state index is 6.14. The van der Waals surface area contributed by atoms with Crippen LogP contribution in [0.15, 0.2) is 18.2 Å². The maximum absolute atomic E-state index is 6.14. The molecule has 1 aliphatic carbocycles. The highest BCUT2D eigenvalue weighted by Gasteiger charge is 2.17. The van der Waals surface area contributed by atoms with E-state index in [1.165, 1.54) is 17.5 Å². The molecule has 0 radical (unpaired) electrons. The molecule has 0 spiro atoms. The van der Waals surface area contributed by atoms with Gasteiger partial charge in [0.15, 0.2) is 0 Å². The van der Waals surface area contributed by atoms with E-state index in [-0.39, 0.29) is 6.04 Å². The van der Waals surface area contributed by atoms with Crippen LogP contribution in [0.1, 0.15) is 50.3 Å². The molecule has 0 amide bonds. The Morgan fingerprint density at radius 1 is 1.41 bits per heavy atom. The van der Waals surface area contributed by atoms with Crippen LogP contribution in [0.4, 0.5) is 0 Å². The van der Waals surface area contributed by atoms with Gasteiger partial charge in [0.1, 0.15) is 5.75 Å². The van der Waals surface area contributed by atoms with Crippen LogP contribution in [0.2, 0.25) is 0 Å². The average molecular weight is 233 g/mol. The Labute approximate surface area is 104 Å². The number of rotatable bonds is 4. The first kappa shape index (κ1) is 12.4. The van der Waals surface area contributed by atoms with Crippen LogP contribution in [0.25, 0.3) is 0 Å². The number of hydrogen-bond acceptors (Lipinski definition) is 2. The zero-order valence-corrected chi connectivity index (χ0v) is 10.9. The van der Waals surface area contributed by atoms with Crippen molar-refractivity contribution in [3.63, 3.8) is 0 Å². The minimum Gasteiger partial charge on any atom is -0.494 e. The molecule has 0 bridgehead atoms. The van der Waals surface area contributed by atoms with E-state index in [1.54, 1.807) is 0 Å². The summed E-state index contributed by atoms with van der Waals surface area (Å²) in [5, 5.41) is 0. The van der Waals surface area contributed by atoms with Crippen molar-refractivity contribution in [1.82, 2.24) is 0 Å². The Morgan fingerprint density at radius 3 is 3.00 bits per heavy atom. The van der Waals surface area contributed by atoms with E-state index in [2.05, 4.69) is 32.0 Å². The van der Waals surface area contributed by atoms with Crippen LogP contribution in [-0.4, -0.2) is 6.61 Å². The van der Waals surface area contributed by atoms with Gasteiger partial charge in [-0.25, -0.2) is 0 Å². The number of benzene rings is 1. The van der Waals surface area contributed by atoms with E-state index in [4.69, 9.17) is 10.5 Å². The van der Waals surface area contributed by atoms with Gasteiger partial charge >= 0.3 is 0 Å². The topological polar surface area (TPSA) is 35.2 Å². The van der Waals surface area contributed by atoms with Crippen molar-refractivity contribution in [2.24, 2.45) is 11.7 Å². The molecule has 1 atom stereocenters. The molecular formula is C15H23NO. The minimum absolute atomic E-state index is 0.201. The summed E-state index contributed by atoms with van der Waals surface area (Å²) in [4.78, 5) is 0. The van der Waals surface area contributed by atoms with Crippen molar-refractivity contribution in [2.75, 3.05) is 6.61 Å². The molecule has 0 fully saturated rings. The summed E-state index contributed by atoms with van der Waals surface area (Å²) in [6.45, 7) is 5.23. The van der Waals surface area contributed by atoms with Gasteiger partial charge in [-0.05, 0) is 54.9 Å². The number of aryl methyl sites for hydroxylation is 1. The SMILES string of the molecule is CC(C)CCOc1ccc2c(c1)C(N)CCC2. The molecule has 94 valence electrons. The summed E-state index contributed by atoms with van der Waals surface area (Å²) in [6, 6.07) is 6.60. The zero-order chi connectivity index (χ0) is 12.3. The Bertz CT molecular complexity index is 373. The Morgan fingerprint density at radius 2 is 2.24 bits per heavy atom. The van der Waals surface area contributed by atoms with Crippen LogP contribution in [0.3, 0.4) is 0 Å². The average Bonchev–Trinajstić information content (AvgIpc) is 2.30. The summed E-state index contributed by atoms with van der Waals surface area (Å²) in [7, 11) is 0. The molecule has 2 N–H and O–H groups in total. The van der Waals surface area contributed by atoms with Crippen LogP contribution in [0, 0.1) is 5.92 Å². The van der Waals surface area contributed by atoms with Gasteiger partial charge in [-0.3, -0.25) is 0 Å². The molecular weight excluding hydrogens is 210 g/mol. The molecule has 0 heterocycles. The lowest BCUT2D eigenvalue weighted by Gasteiger charge is -2.22. The fourth-order valence-corrected chi connectivity index (χ4v) is 2.32. The van der Waals surface area contributed by atoms with E-state index in [1.807, 2.05) is 0 Å². The molecule has 0 aliphatic heterocycles. The number of nitrogens with two attached hydrogens (primary N) is 1. The first-order valence-electron chi connectivity index (χ1n) is 6.68. The summed E-state index contributed by atoms with van der Waals surface area (Å²) < 4.78 is 5.78. The van der Waals surface area contributed by atoms with E-state index in [9.17, 15) is 0 Å². The van der Waals surface area contributed by atoms with Crippen molar-refractivity contribution in [2.45, 2.75) is 45.6 Å². The third kappa shape index (κ3) is 3.22. The lowest BCUT2D eigenvalue weighted by Crippen LogP contribution is -2.17. The van der Waals surface area contributed by atoms with Crippen molar-refractivity contribution in [3.05, 3.63) is 29.3 Å². The second kappa shape index (κ2) is 5.54. The van der Waals surface area contributed by atoms with Crippen molar-refractivity contribution < 1.29 is 4.74 Å². The molecule has 0 aromatic heterocycles. The molecule has 1 aromatic rings. The molecule has 2 heteroatoms. The second-order valence-electron chi connectivity index (χ2n) is 5.39. The molecule has 0 saturated heterocycles. The highest BCUT2D eigenvalue weighted by atomic mass is 16.5. The summed E-state index contributed by atoms with van der Waals surface area (Å²) in [5.74, 6) is 1.66. The van der Waals surface area contributed by atoms with Gasteiger partial charge in [0.2, 0.25) is 0 Å². The van der Waals surface area contributed by atoms with Gasteiger partial charge in [0, 0.05) is 6.04 Å². The smallest absolute Gasteiger partial charge is 0.119 e. The van der Waals surface area contributed by atoms with Crippen LogP contribution < -0.4 is 10.5 Å². The van der Waals surface area contributed by atoms with Gasteiger partial charge in [0.25, 0.3) is 0 Å². The number of hydrogen-bond donors (Lipinski definition) is 1. The highest BCUT2D eigenvalue weighted by Crippen LogP contribution is 2.30. The largest absolute Gasteiger partial charge is 0.494 e. The Hall–Kier alpha value is -1.02. The molecule has 2 rings (SSSR count). The lowest BCUT2D eigenvalue weighted by atomic mass is 9.88. The van der Waals surface area contributed by atoms with E-state index in [0.717, 1.165) is 31.6 Å². The molecule has 2 nitrogen and oxygen atoms in total. The van der Waals surface area contributed by atoms with Crippen LogP contribution in [-0.2, 0) is 6.42 Å². The van der Waals surface area contributed by atoms with Crippen molar-refractivity contribution in [1.29, 1.82) is 0 Å². The quantitative estimate of drug-likeness (QED) is 0.864. The third-order valence-electron chi connectivity index (χ3n) is 3.44. The predicted molar refractivity (Wildman–Crippen MR) is 71.3 cm³/mol. The van der Waals surface area contributed by atoms with Gasteiger partial charge in [-0.15, -0.1) is 0 Å². The standard InChI is InChI=1S/C15H23NO/c1-11(2)8-9-17-13-7-6-12-4-3-5-15(16)14(12)10-13/h6-7,10-11,15H,3-5,8-9,16H2,1-2H3. The first-order chi connectivity index (χ1) is 8.16. The van der Waals surface area contributed by atoms with Gasteiger partial charge in [-0.1, -0.05) is 19.9 Å². The minimum atomic E-state index is 0.201. The van der Waals surface area contributed by atoms with Crippen LogP contribution in [0.5, 0.6) is 5.75 Å². The Kier molecular flexibility index (Phi) is 4.06. The number of fused-ring (bicyclic) bond motifs is 1. The maximum Gasteiger partial charge on any atom is 0.119 e.